The molecule has 2 aliphatic rings. The van der Waals surface area contributed by atoms with Gasteiger partial charge in [0, 0.05) is 39.3 Å². The Morgan fingerprint density at radius 1 is 1.18 bits per heavy atom. The summed E-state index contributed by atoms with van der Waals surface area (Å²) in [4.78, 5) is 17.0. The van der Waals surface area contributed by atoms with Gasteiger partial charge in [0.15, 0.2) is 0 Å². The fourth-order valence-electron chi connectivity index (χ4n) is 3.08. The van der Waals surface area contributed by atoms with Crippen LogP contribution in [0.15, 0.2) is 24.3 Å². The number of carbonyl (C=O) groups excluding carboxylic acids is 1. The normalized spacial score (nSPS) is 26.6. The number of benzene rings is 1. The third-order valence-electron chi connectivity index (χ3n) is 4.48. The van der Waals surface area contributed by atoms with Gasteiger partial charge in [-0.15, -0.1) is 11.8 Å². The Morgan fingerprint density at radius 3 is 2.55 bits per heavy atom. The summed E-state index contributed by atoms with van der Waals surface area (Å²) in [6.45, 7) is 10.2. The second-order valence-electron chi connectivity index (χ2n) is 6.16. The highest BCUT2D eigenvalue weighted by Crippen LogP contribution is 2.42. The molecule has 0 bridgehead atoms. The Kier molecular flexibility index (Phi) is 5.06. The molecule has 0 spiro atoms. The van der Waals surface area contributed by atoms with Crippen LogP contribution in [0.25, 0.3) is 0 Å². The quantitative estimate of drug-likeness (QED) is 0.919. The predicted molar refractivity (Wildman–Crippen MR) is 92.0 cm³/mol. The molecule has 2 unspecified atom stereocenters. The Morgan fingerprint density at radius 2 is 1.86 bits per heavy atom. The topological polar surface area (TPSA) is 35.6 Å². The first-order chi connectivity index (χ1) is 10.6. The van der Waals surface area contributed by atoms with Crippen LogP contribution in [0.3, 0.4) is 0 Å². The maximum absolute atomic E-state index is 12.5. The molecule has 4 nitrogen and oxygen atoms in total. The number of carbonyl (C=O) groups is 1. The number of rotatable bonds is 4. The SMILES string of the molecule is Cc1ccc(C2SC(C)C(=O)N2CCN2CCNCC2)cc1. The van der Waals surface area contributed by atoms with Crippen LogP contribution >= 0.6 is 11.8 Å². The molecular formula is C17H25N3OS. The van der Waals surface area contributed by atoms with Crippen LogP contribution < -0.4 is 5.32 Å². The van der Waals surface area contributed by atoms with E-state index in [4.69, 9.17) is 0 Å². The molecular weight excluding hydrogens is 294 g/mol. The minimum absolute atomic E-state index is 0.0642. The van der Waals surface area contributed by atoms with Gasteiger partial charge in [-0.1, -0.05) is 29.8 Å². The maximum Gasteiger partial charge on any atom is 0.236 e. The van der Waals surface area contributed by atoms with E-state index in [2.05, 4.69) is 46.3 Å². The smallest absolute Gasteiger partial charge is 0.236 e. The van der Waals surface area contributed by atoms with Crippen molar-refractivity contribution >= 4 is 17.7 Å². The van der Waals surface area contributed by atoms with Gasteiger partial charge in [-0.05, 0) is 19.4 Å². The van der Waals surface area contributed by atoms with E-state index in [-0.39, 0.29) is 16.5 Å². The number of piperazine rings is 1. The fourth-order valence-corrected chi connectivity index (χ4v) is 4.38. The average molecular weight is 319 g/mol. The van der Waals surface area contributed by atoms with E-state index < -0.39 is 0 Å². The van der Waals surface area contributed by atoms with Gasteiger partial charge in [0.05, 0.1) is 5.25 Å². The summed E-state index contributed by atoms with van der Waals surface area (Å²) in [6.07, 6.45) is 0. The van der Waals surface area contributed by atoms with Crippen LogP contribution in [0.5, 0.6) is 0 Å². The van der Waals surface area contributed by atoms with Gasteiger partial charge >= 0.3 is 0 Å². The van der Waals surface area contributed by atoms with Gasteiger partial charge in [0.25, 0.3) is 0 Å². The number of amides is 1. The number of nitrogens with zero attached hydrogens (tertiary/aromatic N) is 2. The molecule has 2 saturated heterocycles. The molecule has 1 aromatic carbocycles. The van der Waals surface area contributed by atoms with Crippen LogP contribution in [0, 0.1) is 6.92 Å². The molecule has 0 saturated carbocycles. The maximum atomic E-state index is 12.5. The fraction of sp³-hybridized carbons (Fsp3) is 0.588. The first-order valence-electron chi connectivity index (χ1n) is 8.11. The summed E-state index contributed by atoms with van der Waals surface area (Å²) in [5, 5.41) is 3.61. The van der Waals surface area contributed by atoms with Gasteiger partial charge in [0.1, 0.15) is 5.37 Å². The van der Waals surface area contributed by atoms with Crippen molar-refractivity contribution in [3.8, 4) is 0 Å². The van der Waals surface area contributed by atoms with Crippen LogP contribution in [-0.2, 0) is 4.79 Å². The van der Waals surface area contributed by atoms with E-state index in [1.165, 1.54) is 11.1 Å². The molecule has 3 rings (SSSR count). The number of thioether (sulfide) groups is 1. The van der Waals surface area contributed by atoms with Crippen LogP contribution in [0.2, 0.25) is 0 Å². The largest absolute Gasteiger partial charge is 0.324 e. The zero-order valence-corrected chi connectivity index (χ0v) is 14.2. The Balaban J connectivity index is 1.68. The van der Waals surface area contributed by atoms with E-state index in [9.17, 15) is 4.79 Å². The highest BCUT2D eigenvalue weighted by Gasteiger charge is 2.38. The number of hydrogen-bond donors (Lipinski definition) is 1. The van der Waals surface area contributed by atoms with E-state index in [0.717, 1.165) is 39.3 Å². The van der Waals surface area contributed by atoms with E-state index in [0.29, 0.717) is 0 Å². The monoisotopic (exact) mass is 319 g/mol. The van der Waals surface area contributed by atoms with Crippen molar-refractivity contribution in [2.75, 3.05) is 39.3 Å². The molecule has 22 heavy (non-hydrogen) atoms. The second kappa shape index (κ2) is 7.02. The van der Waals surface area contributed by atoms with Crippen molar-refractivity contribution in [2.45, 2.75) is 24.5 Å². The summed E-state index contributed by atoms with van der Waals surface area (Å²) in [7, 11) is 0. The third-order valence-corrected chi connectivity index (χ3v) is 5.87. The highest BCUT2D eigenvalue weighted by molar-refractivity contribution is 8.01. The van der Waals surface area contributed by atoms with Crippen LogP contribution in [-0.4, -0.2) is 60.2 Å². The molecule has 0 aliphatic carbocycles. The van der Waals surface area contributed by atoms with Crippen molar-refractivity contribution in [1.29, 1.82) is 0 Å². The van der Waals surface area contributed by atoms with Crippen molar-refractivity contribution in [2.24, 2.45) is 0 Å². The summed E-state index contributed by atoms with van der Waals surface area (Å²) in [6, 6.07) is 8.60. The first kappa shape index (κ1) is 15.8. The van der Waals surface area contributed by atoms with E-state index in [1.54, 1.807) is 11.8 Å². The lowest BCUT2D eigenvalue weighted by Gasteiger charge is -2.31. The van der Waals surface area contributed by atoms with Gasteiger partial charge in [-0.3, -0.25) is 9.69 Å². The van der Waals surface area contributed by atoms with Crippen molar-refractivity contribution in [3.63, 3.8) is 0 Å². The highest BCUT2D eigenvalue weighted by atomic mass is 32.2. The first-order valence-corrected chi connectivity index (χ1v) is 9.05. The van der Waals surface area contributed by atoms with Gasteiger partial charge in [-0.2, -0.15) is 0 Å². The van der Waals surface area contributed by atoms with Gasteiger partial charge in [-0.25, -0.2) is 0 Å². The predicted octanol–water partition coefficient (Wildman–Crippen LogP) is 1.86. The lowest BCUT2D eigenvalue weighted by atomic mass is 10.1. The Bertz CT molecular complexity index is 513. The zero-order chi connectivity index (χ0) is 15.5. The van der Waals surface area contributed by atoms with Crippen LogP contribution in [0.1, 0.15) is 23.4 Å². The third kappa shape index (κ3) is 3.47. The molecule has 2 fully saturated rings. The van der Waals surface area contributed by atoms with Crippen molar-refractivity contribution in [1.82, 2.24) is 15.1 Å². The van der Waals surface area contributed by atoms with E-state index in [1.807, 2.05) is 6.92 Å². The number of nitrogens with one attached hydrogen (secondary N) is 1. The minimum atomic E-state index is 0.0642. The molecule has 0 radical (unpaired) electrons. The molecule has 5 heteroatoms. The molecule has 1 amide bonds. The minimum Gasteiger partial charge on any atom is -0.324 e. The summed E-state index contributed by atoms with van der Waals surface area (Å²) < 4.78 is 0. The Hall–Kier alpha value is -1.04. The molecule has 1 aromatic rings. The second-order valence-corrected chi connectivity index (χ2v) is 7.59. The summed E-state index contributed by atoms with van der Waals surface area (Å²) >= 11 is 1.77. The molecule has 0 aromatic heterocycles. The molecule has 120 valence electrons. The standard InChI is InChI=1S/C17H25N3OS/c1-13-3-5-15(6-4-13)17-20(16(21)14(2)22-17)12-11-19-9-7-18-8-10-19/h3-6,14,17-18H,7-12H2,1-2H3. The molecule has 2 heterocycles. The molecule has 2 atom stereocenters. The van der Waals surface area contributed by atoms with Crippen LogP contribution in [0.4, 0.5) is 0 Å². The Labute approximate surface area is 137 Å². The van der Waals surface area contributed by atoms with Gasteiger partial charge in [0.2, 0.25) is 5.91 Å². The van der Waals surface area contributed by atoms with Crippen molar-refractivity contribution in [3.05, 3.63) is 35.4 Å². The van der Waals surface area contributed by atoms with Gasteiger partial charge < -0.3 is 10.2 Å². The summed E-state index contributed by atoms with van der Waals surface area (Å²) in [5.41, 5.74) is 2.51. The lowest BCUT2D eigenvalue weighted by Crippen LogP contribution is -2.46. The van der Waals surface area contributed by atoms with E-state index >= 15 is 0 Å². The molecule has 2 aliphatic heterocycles. The lowest BCUT2D eigenvalue weighted by molar-refractivity contribution is -0.130. The number of aryl methyl sites for hydroxylation is 1. The number of hydrogen-bond acceptors (Lipinski definition) is 4. The average Bonchev–Trinajstić information content (AvgIpc) is 2.82. The zero-order valence-electron chi connectivity index (χ0n) is 13.4. The molecule has 1 N–H and O–H groups in total. The summed E-state index contributed by atoms with van der Waals surface area (Å²) in [5.74, 6) is 0.283. The van der Waals surface area contributed by atoms with Crippen molar-refractivity contribution < 1.29 is 4.79 Å².